The van der Waals surface area contributed by atoms with Crippen LogP contribution in [-0.2, 0) is 10.0 Å². The molecule has 1 amide bonds. The third-order valence-electron chi connectivity index (χ3n) is 5.36. The standard InChI is InChI=1S/C21H22F4N2O4S/c1-12-11-27(7-3-2-4-18(12)28)32(30,31)19-8-13(5-6-15(19)22)21(29)26-14-9-16(23)20(25)17(24)10-14/h5-6,8-10,12,18,28H,2-4,7,11H2,1H3,(H,26,29). The van der Waals surface area contributed by atoms with Crippen LogP contribution in [0.1, 0.15) is 36.5 Å². The molecule has 1 saturated heterocycles. The number of hydrogen-bond acceptors (Lipinski definition) is 4. The predicted molar refractivity (Wildman–Crippen MR) is 108 cm³/mol. The Morgan fingerprint density at radius 1 is 1.06 bits per heavy atom. The molecular formula is C21H22F4N2O4S. The van der Waals surface area contributed by atoms with Crippen molar-refractivity contribution in [3.8, 4) is 0 Å². The maximum absolute atomic E-state index is 14.5. The summed E-state index contributed by atoms with van der Waals surface area (Å²) in [7, 11) is -4.34. The average Bonchev–Trinajstić information content (AvgIpc) is 2.72. The largest absolute Gasteiger partial charge is 0.393 e. The highest BCUT2D eigenvalue weighted by Crippen LogP contribution is 2.26. The third-order valence-corrected chi connectivity index (χ3v) is 7.24. The van der Waals surface area contributed by atoms with E-state index in [1.165, 1.54) is 0 Å². The Kier molecular flexibility index (Phi) is 7.21. The Labute approximate surface area is 182 Å². The van der Waals surface area contributed by atoms with Crippen LogP contribution in [0.15, 0.2) is 35.2 Å². The van der Waals surface area contributed by atoms with Crippen LogP contribution >= 0.6 is 0 Å². The molecule has 1 aliphatic rings. The van der Waals surface area contributed by atoms with Gasteiger partial charge in [-0.2, -0.15) is 4.31 Å². The van der Waals surface area contributed by atoms with Crippen LogP contribution in [0.3, 0.4) is 0 Å². The van der Waals surface area contributed by atoms with Crippen molar-refractivity contribution in [3.63, 3.8) is 0 Å². The number of amides is 1. The topological polar surface area (TPSA) is 86.7 Å². The van der Waals surface area contributed by atoms with Crippen molar-refractivity contribution in [2.45, 2.75) is 37.2 Å². The number of anilines is 1. The fraction of sp³-hybridized carbons (Fsp3) is 0.381. The number of carbonyl (C=O) groups excluding carboxylic acids is 1. The molecule has 2 aromatic rings. The number of nitrogens with one attached hydrogen (secondary N) is 1. The van der Waals surface area contributed by atoms with Gasteiger partial charge in [-0.1, -0.05) is 6.92 Å². The number of rotatable bonds is 4. The first-order valence-corrected chi connectivity index (χ1v) is 11.4. The van der Waals surface area contributed by atoms with Crippen molar-refractivity contribution in [1.82, 2.24) is 4.31 Å². The van der Waals surface area contributed by atoms with E-state index in [2.05, 4.69) is 5.32 Å². The van der Waals surface area contributed by atoms with Crippen molar-refractivity contribution in [2.24, 2.45) is 5.92 Å². The Hall–Kier alpha value is -2.50. The lowest BCUT2D eigenvalue weighted by molar-refractivity contribution is 0.0843. The van der Waals surface area contributed by atoms with Gasteiger partial charge in [-0.25, -0.2) is 26.0 Å². The lowest BCUT2D eigenvalue weighted by atomic mass is 9.98. The Morgan fingerprint density at radius 3 is 2.38 bits per heavy atom. The zero-order chi connectivity index (χ0) is 23.6. The fourth-order valence-electron chi connectivity index (χ4n) is 3.49. The van der Waals surface area contributed by atoms with Gasteiger partial charge in [-0.15, -0.1) is 0 Å². The smallest absolute Gasteiger partial charge is 0.255 e. The normalized spacial score (nSPS) is 20.4. The number of aliphatic hydroxyl groups is 1. The molecule has 0 spiro atoms. The molecule has 1 aliphatic heterocycles. The second-order valence-electron chi connectivity index (χ2n) is 7.76. The highest BCUT2D eigenvalue weighted by atomic mass is 32.2. The summed E-state index contributed by atoms with van der Waals surface area (Å²) in [5.41, 5.74) is -0.679. The average molecular weight is 474 g/mol. The van der Waals surface area contributed by atoms with Crippen LogP contribution in [0.4, 0.5) is 23.2 Å². The molecule has 2 atom stereocenters. The predicted octanol–water partition coefficient (Wildman–Crippen LogP) is 3.67. The number of nitrogens with zero attached hydrogens (tertiary/aromatic N) is 1. The summed E-state index contributed by atoms with van der Waals surface area (Å²) in [6.07, 6.45) is 0.940. The zero-order valence-electron chi connectivity index (χ0n) is 17.1. The van der Waals surface area contributed by atoms with Crippen LogP contribution in [0.5, 0.6) is 0 Å². The molecule has 3 rings (SSSR count). The number of aliphatic hydroxyl groups excluding tert-OH is 1. The van der Waals surface area contributed by atoms with Crippen molar-refractivity contribution in [3.05, 3.63) is 59.2 Å². The van der Waals surface area contributed by atoms with Gasteiger partial charge in [-0.05, 0) is 43.4 Å². The Bertz CT molecular complexity index is 1100. The second-order valence-corrected chi connectivity index (χ2v) is 9.66. The summed E-state index contributed by atoms with van der Waals surface area (Å²) in [6, 6.07) is 3.76. The van der Waals surface area contributed by atoms with Crippen molar-refractivity contribution in [2.75, 3.05) is 18.4 Å². The lowest BCUT2D eigenvalue weighted by Crippen LogP contribution is -2.40. The molecule has 32 heavy (non-hydrogen) atoms. The lowest BCUT2D eigenvalue weighted by Gasteiger charge is -2.30. The van der Waals surface area contributed by atoms with Gasteiger partial charge in [0.15, 0.2) is 17.5 Å². The molecule has 6 nitrogen and oxygen atoms in total. The molecule has 0 saturated carbocycles. The molecule has 1 fully saturated rings. The highest BCUT2D eigenvalue weighted by Gasteiger charge is 2.32. The van der Waals surface area contributed by atoms with Crippen molar-refractivity contribution < 1.29 is 35.9 Å². The van der Waals surface area contributed by atoms with Gasteiger partial charge in [-0.3, -0.25) is 4.79 Å². The van der Waals surface area contributed by atoms with Gasteiger partial charge in [0.1, 0.15) is 10.7 Å². The molecule has 2 unspecified atom stereocenters. The van der Waals surface area contributed by atoms with E-state index in [0.717, 1.165) is 22.5 Å². The minimum absolute atomic E-state index is 0.0203. The molecule has 11 heteroatoms. The molecular weight excluding hydrogens is 452 g/mol. The van der Waals surface area contributed by atoms with Crippen molar-refractivity contribution >= 4 is 21.6 Å². The molecule has 0 aromatic heterocycles. The van der Waals surface area contributed by atoms with Gasteiger partial charge in [0, 0.05) is 36.5 Å². The highest BCUT2D eigenvalue weighted by molar-refractivity contribution is 7.89. The van der Waals surface area contributed by atoms with Crippen LogP contribution < -0.4 is 5.32 Å². The van der Waals surface area contributed by atoms with Gasteiger partial charge < -0.3 is 10.4 Å². The molecule has 0 bridgehead atoms. The molecule has 0 radical (unpaired) electrons. The number of halogens is 4. The van der Waals surface area contributed by atoms with Crippen LogP contribution in [-0.4, -0.2) is 42.9 Å². The third kappa shape index (κ3) is 5.11. The van der Waals surface area contributed by atoms with E-state index < -0.39 is 55.9 Å². The number of sulfonamides is 1. The fourth-order valence-corrected chi connectivity index (χ4v) is 5.16. The number of carbonyl (C=O) groups is 1. The minimum atomic E-state index is -4.34. The first-order valence-electron chi connectivity index (χ1n) is 9.94. The quantitative estimate of drug-likeness (QED) is 0.523. The molecule has 2 aromatic carbocycles. The second kappa shape index (κ2) is 9.55. The Balaban J connectivity index is 1.89. The Morgan fingerprint density at radius 2 is 1.72 bits per heavy atom. The SMILES string of the molecule is CC1CN(S(=O)(=O)c2cc(C(=O)Nc3cc(F)c(F)c(F)c3)ccc2F)CCCCC1O. The first-order chi connectivity index (χ1) is 15.0. The van der Waals surface area contributed by atoms with E-state index in [-0.39, 0.29) is 24.6 Å². The van der Waals surface area contributed by atoms with E-state index in [0.29, 0.717) is 31.4 Å². The molecule has 2 N–H and O–H groups in total. The van der Waals surface area contributed by atoms with Crippen LogP contribution in [0.25, 0.3) is 0 Å². The number of benzene rings is 2. The molecule has 0 aliphatic carbocycles. The summed E-state index contributed by atoms with van der Waals surface area (Å²) in [4.78, 5) is 11.7. The molecule has 174 valence electrons. The maximum atomic E-state index is 14.5. The van der Waals surface area contributed by atoms with Gasteiger partial charge >= 0.3 is 0 Å². The summed E-state index contributed by atoms with van der Waals surface area (Å²) >= 11 is 0. The van der Waals surface area contributed by atoms with E-state index >= 15 is 0 Å². The first kappa shape index (κ1) is 24.1. The van der Waals surface area contributed by atoms with E-state index in [1.807, 2.05) is 0 Å². The monoisotopic (exact) mass is 474 g/mol. The van der Waals surface area contributed by atoms with E-state index in [4.69, 9.17) is 0 Å². The van der Waals surface area contributed by atoms with Crippen molar-refractivity contribution in [1.29, 1.82) is 0 Å². The zero-order valence-corrected chi connectivity index (χ0v) is 17.9. The maximum Gasteiger partial charge on any atom is 0.255 e. The van der Waals surface area contributed by atoms with Crippen LogP contribution in [0.2, 0.25) is 0 Å². The summed E-state index contributed by atoms with van der Waals surface area (Å²) in [5, 5.41) is 12.2. The summed E-state index contributed by atoms with van der Waals surface area (Å²) in [5.74, 6) is -7.15. The van der Waals surface area contributed by atoms with Gasteiger partial charge in [0.25, 0.3) is 5.91 Å². The summed E-state index contributed by atoms with van der Waals surface area (Å²) < 4.78 is 81.6. The summed E-state index contributed by atoms with van der Waals surface area (Å²) in [6.45, 7) is 1.80. The van der Waals surface area contributed by atoms with E-state index in [9.17, 15) is 35.9 Å². The number of hydrogen-bond donors (Lipinski definition) is 2. The van der Waals surface area contributed by atoms with Gasteiger partial charge in [0.05, 0.1) is 6.10 Å². The van der Waals surface area contributed by atoms with Gasteiger partial charge in [0.2, 0.25) is 10.0 Å². The van der Waals surface area contributed by atoms with Crippen LogP contribution in [0, 0.1) is 29.2 Å². The van der Waals surface area contributed by atoms with E-state index in [1.54, 1.807) is 6.92 Å². The molecule has 1 heterocycles. The minimum Gasteiger partial charge on any atom is -0.393 e.